The van der Waals surface area contributed by atoms with E-state index in [-0.39, 0.29) is 5.60 Å². The van der Waals surface area contributed by atoms with Crippen LogP contribution in [0.4, 0.5) is 17.3 Å². The van der Waals surface area contributed by atoms with E-state index in [4.69, 9.17) is 14.8 Å². The Morgan fingerprint density at radius 1 is 1.05 bits per heavy atom. The molecule has 4 aromatic rings. The van der Waals surface area contributed by atoms with Gasteiger partial charge in [0, 0.05) is 44.6 Å². The van der Waals surface area contributed by atoms with Crippen LogP contribution in [0.1, 0.15) is 46.6 Å². The SMILES string of the molecule is COC(C)(C)Cc1cccc(-c2cc(Nc3cccc(N4CCC(C(C)(C)C)C4)n3)c3nccn3n2)c1. The van der Waals surface area contributed by atoms with Gasteiger partial charge < -0.3 is 15.0 Å². The summed E-state index contributed by atoms with van der Waals surface area (Å²) in [6.07, 6.45) is 5.67. The van der Waals surface area contributed by atoms with Gasteiger partial charge in [-0.05, 0) is 61.4 Å². The third-order valence-electron chi connectivity index (χ3n) is 7.50. The Kier molecular flexibility index (Phi) is 6.67. The molecule has 0 spiro atoms. The standard InChI is InChI=1S/C30H38N6O/c1-29(2,3)23-13-15-35(20-23)27-12-8-11-26(33-27)32-25-18-24(34-36-16-14-31-28(25)36)22-10-7-9-21(17-22)19-30(4,5)37-6/h7-12,14,16-18,23H,13,15,19-20H2,1-6H3,(H,32,33). The zero-order valence-corrected chi connectivity index (χ0v) is 22.8. The summed E-state index contributed by atoms with van der Waals surface area (Å²) in [5, 5.41) is 8.36. The fourth-order valence-electron chi connectivity index (χ4n) is 5.04. The lowest BCUT2D eigenvalue weighted by Crippen LogP contribution is -2.26. The Hall–Kier alpha value is -3.45. The fraction of sp³-hybridized carbons (Fsp3) is 0.433. The van der Waals surface area contributed by atoms with Gasteiger partial charge in [-0.2, -0.15) is 5.10 Å². The number of nitrogens with zero attached hydrogens (tertiary/aromatic N) is 5. The molecular weight excluding hydrogens is 460 g/mol. The summed E-state index contributed by atoms with van der Waals surface area (Å²) in [4.78, 5) is 11.9. The normalized spacial score (nSPS) is 16.5. The number of hydrogen-bond donors (Lipinski definition) is 1. The third-order valence-corrected chi connectivity index (χ3v) is 7.50. The van der Waals surface area contributed by atoms with E-state index < -0.39 is 0 Å². The summed E-state index contributed by atoms with van der Waals surface area (Å²) in [6.45, 7) is 13.3. The summed E-state index contributed by atoms with van der Waals surface area (Å²) in [7, 11) is 1.76. The first-order chi connectivity index (χ1) is 17.6. The van der Waals surface area contributed by atoms with Crippen LogP contribution < -0.4 is 10.2 Å². The average molecular weight is 499 g/mol. The van der Waals surface area contributed by atoms with Gasteiger partial charge in [-0.15, -0.1) is 0 Å². The van der Waals surface area contributed by atoms with Gasteiger partial charge in [0.25, 0.3) is 0 Å². The summed E-state index contributed by atoms with van der Waals surface area (Å²) >= 11 is 0. The number of anilines is 3. The maximum Gasteiger partial charge on any atom is 0.177 e. The first-order valence-corrected chi connectivity index (χ1v) is 13.1. The smallest absolute Gasteiger partial charge is 0.177 e. The van der Waals surface area contributed by atoms with Crippen molar-refractivity contribution >= 4 is 23.0 Å². The first-order valence-electron chi connectivity index (χ1n) is 13.1. The Balaban J connectivity index is 1.43. The Morgan fingerprint density at radius 2 is 1.86 bits per heavy atom. The van der Waals surface area contributed by atoms with Crippen LogP contribution in [0.25, 0.3) is 16.9 Å². The Bertz CT molecular complexity index is 1390. The summed E-state index contributed by atoms with van der Waals surface area (Å²) < 4.78 is 7.46. The van der Waals surface area contributed by atoms with Crippen molar-refractivity contribution in [1.29, 1.82) is 0 Å². The molecule has 1 aromatic carbocycles. The topological polar surface area (TPSA) is 67.6 Å². The average Bonchev–Trinajstić information content (AvgIpc) is 3.54. The van der Waals surface area contributed by atoms with Crippen molar-refractivity contribution in [3.63, 3.8) is 0 Å². The number of fused-ring (bicyclic) bond motifs is 1. The van der Waals surface area contributed by atoms with Crippen LogP contribution in [0, 0.1) is 11.3 Å². The van der Waals surface area contributed by atoms with Gasteiger partial charge in [0.05, 0.1) is 17.0 Å². The van der Waals surface area contributed by atoms with Gasteiger partial charge in [0.1, 0.15) is 11.6 Å². The van der Waals surface area contributed by atoms with Crippen LogP contribution in [0.2, 0.25) is 0 Å². The molecule has 7 heteroatoms. The largest absolute Gasteiger partial charge is 0.378 e. The van der Waals surface area contributed by atoms with Crippen molar-refractivity contribution in [2.75, 3.05) is 30.4 Å². The van der Waals surface area contributed by atoms with E-state index in [1.807, 2.05) is 16.8 Å². The van der Waals surface area contributed by atoms with Crippen molar-refractivity contribution in [2.45, 2.75) is 53.1 Å². The quantitative estimate of drug-likeness (QED) is 0.319. The van der Waals surface area contributed by atoms with Gasteiger partial charge in [-0.25, -0.2) is 14.5 Å². The third kappa shape index (κ3) is 5.62. The molecule has 5 rings (SSSR count). The molecule has 1 aliphatic heterocycles. The van der Waals surface area contributed by atoms with Gasteiger partial charge >= 0.3 is 0 Å². The zero-order valence-electron chi connectivity index (χ0n) is 22.8. The summed E-state index contributed by atoms with van der Waals surface area (Å²) in [5.41, 5.74) is 4.84. The lowest BCUT2D eigenvalue weighted by molar-refractivity contribution is 0.0232. The number of benzene rings is 1. The van der Waals surface area contributed by atoms with E-state index in [1.54, 1.807) is 13.3 Å². The molecule has 0 radical (unpaired) electrons. The number of methoxy groups -OCH3 is 1. The highest BCUT2D eigenvalue weighted by Crippen LogP contribution is 2.35. The molecule has 3 aromatic heterocycles. The second kappa shape index (κ2) is 9.78. The molecule has 0 saturated carbocycles. The lowest BCUT2D eigenvalue weighted by Gasteiger charge is -2.27. The number of imidazole rings is 1. The number of ether oxygens (including phenoxy) is 1. The Labute approximate surface area is 219 Å². The molecule has 4 heterocycles. The van der Waals surface area contributed by atoms with Crippen LogP contribution >= 0.6 is 0 Å². The zero-order chi connectivity index (χ0) is 26.2. The number of hydrogen-bond acceptors (Lipinski definition) is 6. The number of rotatable bonds is 7. The van der Waals surface area contributed by atoms with E-state index in [9.17, 15) is 0 Å². The first kappa shape index (κ1) is 25.2. The molecule has 1 saturated heterocycles. The predicted octanol–water partition coefficient (Wildman–Crippen LogP) is 6.37. The van der Waals surface area contributed by atoms with Crippen LogP contribution in [-0.2, 0) is 11.2 Å². The molecule has 1 N–H and O–H groups in total. The lowest BCUT2D eigenvalue weighted by atomic mass is 9.80. The molecule has 0 bridgehead atoms. The molecule has 37 heavy (non-hydrogen) atoms. The molecule has 1 unspecified atom stereocenters. The minimum atomic E-state index is -0.230. The van der Waals surface area contributed by atoms with Crippen LogP contribution in [0.3, 0.4) is 0 Å². The number of nitrogens with one attached hydrogen (secondary N) is 1. The summed E-state index contributed by atoms with van der Waals surface area (Å²) in [5.74, 6) is 2.48. The maximum atomic E-state index is 5.64. The molecule has 0 aliphatic carbocycles. The van der Waals surface area contributed by atoms with Crippen LogP contribution in [-0.4, -0.2) is 45.4 Å². The van der Waals surface area contributed by atoms with Crippen molar-refractivity contribution < 1.29 is 4.74 Å². The maximum absolute atomic E-state index is 5.64. The highest BCUT2D eigenvalue weighted by Gasteiger charge is 2.32. The molecular formula is C30H38N6O. The minimum absolute atomic E-state index is 0.230. The van der Waals surface area contributed by atoms with Gasteiger partial charge in [-0.3, -0.25) is 0 Å². The van der Waals surface area contributed by atoms with Gasteiger partial charge in [-0.1, -0.05) is 45.0 Å². The van der Waals surface area contributed by atoms with Crippen LogP contribution in [0.5, 0.6) is 0 Å². The van der Waals surface area contributed by atoms with Gasteiger partial charge in [0.2, 0.25) is 0 Å². The van der Waals surface area contributed by atoms with Crippen molar-refractivity contribution in [3.8, 4) is 11.3 Å². The monoisotopic (exact) mass is 498 g/mol. The van der Waals surface area contributed by atoms with Crippen molar-refractivity contribution in [1.82, 2.24) is 19.6 Å². The van der Waals surface area contributed by atoms with E-state index >= 15 is 0 Å². The second-order valence-corrected chi connectivity index (χ2v) is 11.8. The van der Waals surface area contributed by atoms with E-state index in [0.29, 0.717) is 11.3 Å². The number of aromatic nitrogens is 4. The van der Waals surface area contributed by atoms with Gasteiger partial charge in [0.15, 0.2) is 5.65 Å². The second-order valence-electron chi connectivity index (χ2n) is 11.8. The van der Waals surface area contributed by atoms with E-state index in [1.165, 1.54) is 12.0 Å². The Morgan fingerprint density at radius 3 is 2.62 bits per heavy atom. The highest BCUT2D eigenvalue weighted by molar-refractivity contribution is 5.77. The predicted molar refractivity (Wildman–Crippen MR) is 151 cm³/mol. The van der Waals surface area contributed by atoms with Crippen LogP contribution in [0.15, 0.2) is 60.9 Å². The van der Waals surface area contributed by atoms with E-state index in [2.05, 4.69) is 92.3 Å². The van der Waals surface area contributed by atoms with Crippen molar-refractivity contribution in [2.24, 2.45) is 11.3 Å². The molecule has 1 aliphatic rings. The minimum Gasteiger partial charge on any atom is -0.378 e. The molecule has 1 fully saturated rings. The molecule has 194 valence electrons. The number of pyridine rings is 1. The molecule has 0 amide bonds. The molecule has 1 atom stereocenters. The fourth-order valence-corrected chi connectivity index (χ4v) is 5.04. The van der Waals surface area contributed by atoms with Crippen molar-refractivity contribution in [3.05, 3.63) is 66.5 Å². The summed E-state index contributed by atoms with van der Waals surface area (Å²) in [6, 6.07) is 16.7. The highest BCUT2D eigenvalue weighted by atomic mass is 16.5. The van der Waals surface area contributed by atoms with E-state index in [0.717, 1.165) is 53.7 Å². The molecule has 7 nitrogen and oxygen atoms in total.